The Morgan fingerprint density at radius 1 is 0.926 bits per heavy atom. The summed E-state index contributed by atoms with van der Waals surface area (Å²) in [4.78, 5) is 32.9. The highest BCUT2D eigenvalue weighted by Crippen LogP contribution is 2.23. The van der Waals surface area contributed by atoms with Gasteiger partial charge in [-0.3, -0.25) is 4.79 Å². The van der Waals surface area contributed by atoms with Gasteiger partial charge in [0.05, 0.1) is 20.8 Å². The maximum atomic E-state index is 11.7. The van der Waals surface area contributed by atoms with Crippen LogP contribution in [0.1, 0.15) is 47.5 Å². The lowest BCUT2D eigenvalue weighted by atomic mass is 10.1. The normalized spacial score (nSPS) is 10.7. The Labute approximate surface area is 162 Å². The lowest BCUT2D eigenvalue weighted by Crippen LogP contribution is -2.26. The predicted molar refractivity (Wildman–Crippen MR) is 106 cm³/mol. The summed E-state index contributed by atoms with van der Waals surface area (Å²) in [5.41, 5.74) is 3.69. The van der Waals surface area contributed by atoms with E-state index in [1.807, 2.05) is 24.3 Å². The van der Waals surface area contributed by atoms with Crippen LogP contribution < -0.4 is 5.48 Å². The third kappa shape index (κ3) is 5.89. The van der Waals surface area contributed by atoms with Gasteiger partial charge in [-0.1, -0.05) is 43.2 Å². The van der Waals surface area contributed by atoms with Gasteiger partial charge < -0.3 is 4.84 Å². The van der Waals surface area contributed by atoms with Crippen LogP contribution in [0.5, 0.6) is 0 Å². The molecule has 0 aliphatic rings. The van der Waals surface area contributed by atoms with Crippen LogP contribution in [0.15, 0.2) is 54.6 Å². The standard InChI is InChI=1S/C21H22N2O3S/c24-19(23-26-21(25)16-10-4-3-5-11-16)14-6-1-2-7-15-20-22-17-12-8-9-13-18(17)27-20/h3-5,8-13H,1-2,6-7,14-15H2,(H,23,24). The largest absolute Gasteiger partial charge is 0.362 e. The molecule has 0 aliphatic heterocycles. The van der Waals surface area contributed by atoms with Gasteiger partial charge in [-0.25, -0.2) is 9.78 Å². The molecule has 0 atom stereocenters. The first kappa shape index (κ1) is 19.0. The number of aromatic nitrogens is 1. The lowest BCUT2D eigenvalue weighted by molar-refractivity contribution is -0.130. The molecule has 0 spiro atoms. The second kappa shape index (κ2) is 9.83. The number of hydrogen-bond donors (Lipinski definition) is 1. The van der Waals surface area contributed by atoms with E-state index in [4.69, 9.17) is 4.84 Å². The molecule has 0 saturated carbocycles. The number of para-hydroxylation sites is 1. The summed E-state index contributed by atoms with van der Waals surface area (Å²) >= 11 is 1.75. The first-order valence-corrected chi connectivity index (χ1v) is 9.93. The third-order valence-corrected chi connectivity index (χ3v) is 5.25. The summed E-state index contributed by atoms with van der Waals surface area (Å²) in [5, 5.41) is 1.17. The molecule has 0 unspecified atom stereocenters. The number of carbonyl (C=O) groups excluding carboxylic acids is 2. The van der Waals surface area contributed by atoms with Crippen LogP contribution >= 0.6 is 11.3 Å². The quantitative estimate of drug-likeness (QED) is 0.454. The van der Waals surface area contributed by atoms with Crippen molar-refractivity contribution in [2.45, 2.75) is 38.5 Å². The average Bonchev–Trinajstić information content (AvgIpc) is 3.12. The first-order chi connectivity index (χ1) is 13.2. The van der Waals surface area contributed by atoms with E-state index in [-0.39, 0.29) is 5.91 Å². The van der Waals surface area contributed by atoms with E-state index in [9.17, 15) is 9.59 Å². The van der Waals surface area contributed by atoms with Crippen LogP contribution in [0.25, 0.3) is 10.2 Å². The molecule has 1 aromatic heterocycles. The third-order valence-electron chi connectivity index (χ3n) is 4.15. The number of hydrogen-bond acceptors (Lipinski definition) is 5. The number of aryl methyl sites for hydroxylation is 1. The minimum absolute atomic E-state index is 0.273. The van der Waals surface area contributed by atoms with Crippen LogP contribution in [0, 0.1) is 0 Å². The number of rotatable bonds is 8. The van der Waals surface area contributed by atoms with Crippen molar-refractivity contribution in [1.82, 2.24) is 10.5 Å². The smallest absolute Gasteiger partial charge is 0.335 e. The van der Waals surface area contributed by atoms with Crippen LogP contribution in [-0.2, 0) is 16.1 Å². The topological polar surface area (TPSA) is 68.3 Å². The molecule has 1 N–H and O–H groups in total. The van der Waals surface area contributed by atoms with E-state index in [1.165, 1.54) is 9.71 Å². The number of nitrogens with zero attached hydrogens (tertiary/aromatic N) is 1. The number of benzene rings is 2. The fourth-order valence-corrected chi connectivity index (χ4v) is 3.74. The van der Waals surface area contributed by atoms with Crippen molar-refractivity contribution in [3.63, 3.8) is 0 Å². The van der Waals surface area contributed by atoms with Crippen molar-refractivity contribution in [2.75, 3.05) is 0 Å². The number of nitrogens with one attached hydrogen (secondary N) is 1. The minimum atomic E-state index is -0.556. The van der Waals surface area contributed by atoms with E-state index in [0.717, 1.165) is 37.6 Å². The number of hydroxylamine groups is 1. The maximum absolute atomic E-state index is 11.7. The Kier molecular flexibility index (Phi) is 6.93. The molecule has 0 radical (unpaired) electrons. The Hall–Kier alpha value is -2.73. The van der Waals surface area contributed by atoms with Gasteiger partial charge in [0.1, 0.15) is 0 Å². The average molecular weight is 382 g/mol. The molecule has 1 amide bonds. The highest BCUT2D eigenvalue weighted by atomic mass is 32.1. The highest BCUT2D eigenvalue weighted by Gasteiger charge is 2.09. The number of unbranched alkanes of at least 4 members (excludes halogenated alkanes) is 3. The molecule has 5 nitrogen and oxygen atoms in total. The molecule has 6 heteroatoms. The van der Waals surface area contributed by atoms with Gasteiger partial charge in [-0.15, -0.1) is 11.3 Å². The van der Waals surface area contributed by atoms with E-state index in [0.29, 0.717) is 12.0 Å². The summed E-state index contributed by atoms with van der Waals surface area (Å²) in [5.74, 6) is -0.828. The second-order valence-corrected chi connectivity index (χ2v) is 7.39. The van der Waals surface area contributed by atoms with Crippen molar-refractivity contribution in [3.05, 3.63) is 65.2 Å². The molecule has 0 fully saturated rings. The molecule has 27 heavy (non-hydrogen) atoms. The fraction of sp³-hybridized carbons (Fsp3) is 0.286. The van der Waals surface area contributed by atoms with E-state index in [1.54, 1.807) is 35.6 Å². The van der Waals surface area contributed by atoms with Gasteiger partial charge in [0, 0.05) is 6.42 Å². The molecule has 2 aromatic carbocycles. The van der Waals surface area contributed by atoms with Gasteiger partial charge in [-0.05, 0) is 43.5 Å². The molecule has 1 heterocycles. The Bertz CT molecular complexity index is 860. The summed E-state index contributed by atoms with van der Waals surface area (Å²) < 4.78 is 1.23. The molecule has 3 rings (SSSR count). The first-order valence-electron chi connectivity index (χ1n) is 9.12. The Morgan fingerprint density at radius 2 is 1.67 bits per heavy atom. The van der Waals surface area contributed by atoms with Crippen LogP contribution in [0.2, 0.25) is 0 Å². The molecule has 0 bridgehead atoms. The Morgan fingerprint density at radius 3 is 2.48 bits per heavy atom. The summed E-state index contributed by atoms with van der Waals surface area (Å²) in [7, 11) is 0. The summed E-state index contributed by atoms with van der Waals surface area (Å²) in [6.45, 7) is 0. The van der Waals surface area contributed by atoms with Crippen LogP contribution in [0.4, 0.5) is 0 Å². The number of carbonyl (C=O) groups is 2. The Balaban J connectivity index is 1.26. The highest BCUT2D eigenvalue weighted by molar-refractivity contribution is 7.18. The van der Waals surface area contributed by atoms with Crippen molar-refractivity contribution in [1.29, 1.82) is 0 Å². The van der Waals surface area contributed by atoms with E-state index in [2.05, 4.69) is 16.5 Å². The summed E-state index contributed by atoms with van der Waals surface area (Å²) in [6.07, 6.45) is 5.17. The van der Waals surface area contributed by atoms with Crippen molar-refractivity contribution in [3.8, 4) is 0 Å². The zero-order valence-electron chi connectivity index (χ0n) is 15.0. The minimum Gasteiger partial charge on any atom is -0.335 e. The van der Waals surface area contributed by atoms with Gasteiger partial charge in [0.25, 0.3) is 5.91 Å². The molecular weight excluding hydrogens is 360 g/mol. The lowest BCUT2D eigenvalue weighted by Gasteiger charge is -2.05. The fourth-order valence-electron chi connectivity index (χ4n) is 2.73. The number of thiazole rings is 1. The molecule has 3 aromatic rings. The monoisotopic (exact) mass is 382 g/mol. The maximum Gasteiger partial charge on any atom is 0.362 e. The van der Waals surface area contributed by atoms with Gasteiger partial charge in [-0.2, -0.15) is 5.48 Å². The van der Waals surface area contributed by atoms with E-state index >= 15 is 0 Å². The van der Waals surface area contributed by atoms with Crippen LogP contribution in [0.3, 0.4) is 0 Å². The van der Waals surface area contributed by atoms with Crippen molar-refractivity contribution >= 4 is 33.4 Å². The molecular formula is C21H22N2O3S. The van der Waals surface area contributed by atoms with Crippen molar-refractivity contribution in [2.24, 2.45) is 0 Å². The summed E-state index contributed by atoms with van der Waals surface area (Å²) in [6, 6.07) is 16.8. The SMILES string of the molecule is O=C(CCCCCCc1nc2ccccc2s1)NOC(=O)c1ccccc1. The van der Waals surface area contributed by atoms with Gasteiger partial charge in [0.2, 0.25) is 0 Å². The van der Waals surface area contributed by atoms with Gasteiger partial charge >= 0.3 is 5.97 Å². The zero-order valence-corrected chi connectivity index (χ0v) is 15.8. The zero-order chi connectivity index (χ0) is 18.9. The van der Waals surface area contributed by atoms with Crippen molar-refractivity contribution < 1.29 is 14.4 Å². The number of fused-ring (bicyclic) bond motifs is 1. The van der Waals surface area contributed by atoms with E-state index < -0.39 is 5.97 Å². The van der Waals surface area contributed by atoms with Gasteiger partial charge in [0.15, 0.2) is 0 Å². The van der Waals surface area contributed by atoms with Crippen LogP contribution in [-0.4, -0.2) is 16.9 Å². The number of amides is 1. The molecule has 0 saturated heterocycles. The predicted octanol–water partition coefficient (Wildman–Crippen LogP) is 4.68. The second-order valence-electron chi connectivity index (χ2n) is 6.27. The molecule has 140 valence electrons. The molecule has 0 aliphatic carbocycles.